The number of allylic oxidation sites excluding steroid dienone is 8. The van der Waals surface area contributed by atoms with Crippen LogP contribution in [0, 0.1) is 30.1 Å². The molecular weight excluding hydrogens is 639 g/mol. The third-order valence-electron chi connectivity index (χ3n) is 11.9. The number of aromatic amines is 1. The first-order valence-corrected chi connectivity index (χ1v) is 19.1. The van der Waals surface area contributed by atoms with E-state index >= 15 is 0 Å². The maximum Gasteiger partial charge on any atom is 0.586 e. The zero-order valence-corrected chi connectivity index (χ0v) is 30.5. The fraction of sp³-hybridized carbons (Fsp3) is 0.444. The Morgan fingerprint density at radius 3 is 2.35 bits per heavy atom. The van der Waals surface area contributed by atoms with Crippen LogP contribution in [0.4, 0.5) is 8.78 Å². The summed E-state index contributed by atoms with van der Waals surface area (Å²) in [5, 5.41) is 9.42. The van der Waals surface area contributed by atoms with Crippen molar-refractivity contribution >= 4 is 5.57 Å². The summed E-state index contributed by atoms with van der Waals surface area (Å²) >= 11 is 0. The number of fused-ring (bicyclic) bond motifs is 1. The monoisotopic (exact) mass is 688 g/mol. The number of halogens is 2. The minimum atomic E-state index is -3.63. The van der Waals surface area contributed by atoms with E-state index in [1.807, 2.05) is 18.2 Å². The Kier molecular flexibility index (Phi) is 10.1. The molecule has 4 aliphatic rings. The Bertz CT molecular complexity index is 1950. The second-order valence-electron chi connectivity index (χ2n) is 14.9. The van der Waals surface area contributed by atoms with Crippen molar-refractivity contribution in [2.24, 2.45) is 11.8 Å². The van der Waals surface area contributed by atoms with E-state index < -0.39 is 6.29 Å². The molecule has 266 valence electrons. The van der Waals surface area contributed by atoms with Gasteiger partial charge in [-0.15, -0.1) is 8.78 Å². The molecule has 0 saturated heterocycles. The largest absolute Gasteiger partial charge is 0.586 e. The highest BCUT2D eigenvalue weighted by molar-refractivity contribution is 5.73. The number of benzene rings is 2. The quantitative estimate of drug-likeness (QED) is 0.280. The second-order valence-corrected chi connectivity index (χ2v) is 14.9. The first-order valence-electron chi connectivity index (χ1n) is 19.1. The summed E-state index contributed by atoms with van der Waals surface area (Å²) in [4.78, 5) is 3.83. The van der Waals surface area contributed by atoms with Crippen molar-refractivity contribution in [3.63, 3.8) is 0 Å². The first kappa shape index (κ1) is 35.1. The van der Waals surface area contributed by atoms with Gasteiger partial charge >= 0.3 is 6.29 Å². The Labute approximate surface area is 302 Å². The summed E-state index contributed by atoms with van der Waals surface area (Å²) in [6.45, 7) is 9.09. The summed E-state index contributed by atoms with van der Waals surface area (Å²) in [6.07, 6.45) is 17.0. The molecule has 1 aliphatic heterocycles. The molecule has 0 bridgehead atoms. The SMILES string of the molecule is CCC1=C(C2CCCCC(c3[nH]c(-c4ccc5c(c4)OC(F)(F)O5)c(C)c3CC)CC2)C2=C(CCCC(c3ccc(C#N)cc3)=C2)C(C)CC=C1. The summed E-state index contributed by atoms with van der Waals surface area (Å²) < 4.78 is 37.1. The molecule has 3 aromatic rings. The van der Waals surface area contributed by atoms with Crippen LogP contribution < -0.4 is 9.47 Å². The van der Waals surface area contributed by atoms with E-state index in [1.54, 1.807) is 23.3 Å². The van der Waals surface area contributed by atoms with Gasteiger partial charge < -0.3 is 14.5 Å². The highest BCUT2D eigenvalue weighted by Gasteiger charge is 2.43. The van der Waals surface area contributed by atoms with Crippen molar-refractivity contribution in [3.8, 4) is 28.8 Å². The van der Waals surface area contributed by atoms with Crippen LogP contribution in [0.15, 0.2) is 83.0 Å². The molecule has 3 atom stereocenters. The molecule has 0 radical (unpaired) electrons. The van der Waals surface area contributed by atoms with Crippen molar-refractivity contribution in [2.75, 3.05) is 0 Å². The average Bonchev–Trinajstić information content (AvgIpc) is 3.51. The topological polar surface area (TPSA) is 58.0 Å². The van der Waals surface area contributed by atoms with Gasteiger partial charge in [0.15, 0.2) is 11.5 Å². The zero-order chi connectivity index (χ0) is 35.7. The molecule has 0 amide bonds. The Balaban J connectivity index is 1.23. The molecule has 0 spiro atoms. The van der Waals surface area contributed by atoms with Crippen LogP contribution in [0.3, 0.4) is 0 Å². The Hall–Kier alpha value is -4.37. The van der Waals surface area contributed by atoms with Gasteiger partial charge in [0.2, 0.25) is 0 Å². The van der Waals surface area contributed by atoms with Crippen LogP contribution >= 0.6 is 0 Å². The van der Waals surface area contributed by atoms with Gasteiger partial charge in [-0.25, -0.2) is 0 Å². The molecule has 1 N–H and O–H groups in total. The molecule has 3 unspecified atom stereocenters. The van der Waals surface area contributed by atoms with Gasteiger partial charge in [0.1, 0.15) is 0 Å². The van der Waals surface area contributed by atoms with Gasteiger partial charge in [-0.05, 0) is 158 Å². The molecule has 2 aromatic carbocycles. The summed E-state index contributed by atoms with van der Waals surface area (Å²) in [7, 11) is 0. The van der Waals surface area contributed by atoms with Crippen molar-refractivity contribution < 1.29 is 18.3 Å². The highest BCUT2D eigenvalue weighted by Crippen LogP contribution is 2.47. The third kappa shape index (κ3) is 7.10. The lowest BCUT2D eigenvalue weighted by molar-refractivity contribution is -0.286. The summed E-state index contributed by atoms with van der Waals surface area (Å²) in [5.74, 6) is 1.51. The first-order chi connectivity index (χ1) is 24.7. The molecular formula is C45H50F2N2O2. The van der Waals surface area contributed by atoms with Crippen LogP contribution in [0.1, 0.15) is 125 Å². The molecule has 2 heterocycles. The van der Waals surface area contributed by atoms with Gasteiger partial charge in [-0.1, -0.05) is 69.5 Å². The lowest BCUT2D eigenvalue weighted by Crippen LogP contribution is -2.25. The average molecular weight is 689 g/mol. The lowest BCUT2D eigenvalue weighted by atomic mass is 9.73. The summed E-state index contributed by atoms with van der Waals surface area (Å²) in [5.41, 5.74) is 15.1. The van der Waals surface area contributed by atoms with Gasteiger partial charge in [-0.2, -0.15) is 5.26 Å². The molecule has 1 aromatic heterocycles. The van der Waals surface area contributed by atoms with E-state index in [9.17, 15) is 14.0 Å². The molecule has 51 heavy (non-hydrogen) atoms. The third-order valence-corrected chi connectivity index (χ3v) is 11.9. The smallest absolute Gasteiger partial charge is 0.395 e. The standard InChI is InChI=1S/C45H50F2N2O2/c1-5-31-14-9-11-28(3)38-16-10-15-35(32-19-17-30(27-48)18-20-32)25-39(38)42(31)33-12-7-8-13-34(22-21-33)44-37(6-2)29(4)43(49-44)36-23-24-40-41(26-36)51-45(46,47)50-40/h9,14,17-20,23-26,28,33-34,49H,5-8,10-13,15-16,21-22H2,1-4H3. The van der Waals surface area contributed by atoms with Gasteiger partial charge in [0.25, 0.3) is 0 Å². The predicted octanol–water partition coefficient (Wildman–Crippen LogP) is 12.7. The zero-order valence-electron chi connectivity index (χ0n) is 30.5. The highest BCUT2D eigenvalue weighted by atomic mass is 19.3. The van der Waals surface area contributed by atoms with E-state index in [0.29, 0.717) is 23.3 Å². The number of ether oxygens (including phenoxy) is 2. The van der Waals surface area contributed by atoms with Crippen LogP contribution in [0.2, 0.25) is 0 Å². The number of nitrogens with zero attached hydrogens (tertiary/aromatic N) is 1. The van der Waals surface area contributed by atoms with E-state index in [-0.39, 0.29) is 11.5 Å². The predicted molar refractivity (Wildman–Crippen MR) is 201 cm³/mol. The molecule has 7 rings (SSSR count). The number of nitrogens with one attached hydrogen (secondary N) is 1. The van der Waals surface area contributed by atoms with Gasteiger partial charge in [-0.3, -0.25) is 0 Å². The van der Waals surface area contributed by atoms with Crippen molar-refractivity contribution in [3.05, 3.63) is 111 Å². The van der Waals surface area contributed by atoms with Crippen molar-refractivity contribution in [1.82, 2.24) is 4.98 Å². The number of aromatic nitrogens is 1. The maximum absolute atomic E-state index is 13.8. The number of hydrogen-bond donors (Lipinski definition) is 1. The van der Waals surface area contributed by atoms with Crippen LogP contribution in [0.25, 0.3) is 16.8 Å². The van der Waals surface area contributed by atoms with E-state index in [1.165, 1.54) is 58.4 Å². The van der Waals surface area contributed by atoms with Gasteiger partial charge in [0, 0.05) is 17.0 Å². The number of rotatable bonds is 6. The maximum atomic E-state index is 13.8. The van der Waals surface area contributed by atoms with E-state index in [4.69, 9.17) is 4.74 Å². The number of alkyl halides is 2. The number of nitriles is 1. The fourth-order valence-electron chi connectivity index (χ4n) is 9.21. The number of H-pyrrole nitrogens is 1. The van der Waals surface area contributed by atoms with Crippen LogP contribution in [-0.4, -0.2) is 11.3 Å². The minimum absolute atomic E-state index is 0.0694. The molecule has 6 heteroatoms. The van der Waals surface area contributed by atoms with E-state index in [2.05, 4.69) is 73.8 Å². The molecule has 4 nitrogen and oxygen atoms in total. The molecule has 3 aliphatic carbocycles. The molecule has 1 saturated carbocycles. The summed E-state index contributed by atoms with van der Waals surface area (Å²) in [6, 6.07) is 15.5. The van der Waals surface area contributed by atoms with Crippen LogP contribution in [0.5, 0.6) is 11.5 Å². The Morgan fingerprint density at radius 1 is 0.882 bits per heavy atom. The Morgan fingerprint density at radius 2 is 1.61 bits per heavy atom. The fourth-order valence-corrected chi connectivity index (χ4v) is 9.21. The van der Waals surface area contributed by atoms with E-state index in [0.717, 1.165) is 69.0 Å². The van der Waals surface area contributed by atoms with Crippen molar-refractivity contribution in [2.45, 2.75) is 117 Å². The second kappa shape index (κ2) is 14.7. The number of hydrogen-bond acceptors (Lipinski definition) is 3. The minimum Gasteiger partial charge on any atom is -0.395 e. The normalized spacial score (nSPS) is 23.4. The lowest BCUT2D eigenvalue weighted by Gasteiger charge is -2.32. The van der Waals surface area contributed by atoms with Crippen LogP contribution in [-0.2, 0) is 6.42 Å². The van der Waals surface area contributed by atoms with Crippen molar-refractivity contribution in [1.29, 1.82) is 5.26 Å². The van der Waals surface area contributed by atoms with Gasteiger partial charge in [0.05, 0.1) is 11.6 Å². The molecule has 1 fully saturated rings.